The summed E-state index contributed by atoms with van der Waals surface area (Å²) >= 11 is 0. The summed E-state index contributed by atoms with van der Waals surface area (Å²) in [6.45, 7) is 2.68. The fourth-order valence-electron chi connectivity index (χ4n) is 2.40. The van der Waals surface area contributed by atoms with Gasteiger partial charge < -0.3 is 14.2 Å². The molecule has 1 aromatic carbocycles. The number of rotatable bonds is 2. The highest BCUT2D eigenvalue weighted by molar-refractivity contribution is 5.52. The molecule has 0 atom stereocenters. The molecule has 0 radical (unpaired) electrons. The maximum atomic E-state index is 13.7. The van der Waals surface area contributed by atoms with Crippen LogP contribution >= 0.6 is 0 Å². The highest BCUT2D eigenvalue weighted by Crippen LogP contribution is 2.24. The van der Waals surface area contributed by atoms with Gasteiger partial charge >= 0.3 is 0 Å². The Morgan fingerprint density at radius 3 is 2.55 bits per heavy atom. The van der Waals surface area contributed by atoms with Crippen LogP contribution in [0.2, 0.25) is 0 Å². The van der Waals surface area contributed by atoms with E-state index in [1.165, 1.54) is 12.5 Å². The lowest BCUT2D eigenvalue weighted by Gasteiger charge is -2.35. The molecule has 0 N–H and O–H groups in total. The van der Waals surface area contributed by atoms with Crippen LogP contribution in [-0.4, -0.2) is 31.2 Å². The van der Waals surface area contributed by atoms with Gasteiger partial charge in [-0.15, -0.1) is 0 Å². The number of para-hydroxylation sites is 1. The zero-order chi connectivity index (χ0) is 13.9. The van der Waals surface area contributed by atoms with Crippen molar-refractivity contribution in [3.63, 3.8) is 0 Å². The first-order valence-electron chi connectivity index (χ1n) is 6.37. The highest BCUT2D eigenvalue weighted by Gasteiger charge is 2.23. The Bertz CT molecular complexity index is 631. The monoisotopic (exact) mass is 272 g/mol. The third kappa shape index (κ3) is 2.18. The molecule has 1 aliphatic rings. The minimum atomic E-state index is -0.210. The van der Waals surface area contributed by atoms with Gasteiger partial charge in [0.2, 0.25) is 11.6 Å². The van der Waals surface area contributed by atoms with Crippen LogP contribution in [-0.2, 0) is 0 Å². The molecule has 0 aliphatic carbocycles. The molecule has 6 heteroatoms. The van der Waals surface area contributed by atoms with Crippen molar-refractivity contribution in [1.29, 1.82) is 5.26 Å². The molecule has 1 aromatic heterocycles. The zero-order valence-corrected chi connectivity index (χ0v) is 10.8. The first-order chi connectivity index (χ1) is 9.79. The summed E-state index contributed by atoms with van der Waals surface area (Å²) in [5, 5.41) is 8.95. The summed E-state index contributed by atoms with van der Waals surface area (Å²) in [6.07, 6.45) is 1.27. The molecule has 20 heavy (non-hydrogen) atoms. The summed E-state index contributed by atoms with van der Waals surface area (Å²) in [7, 11) is 0. The van der Waals surface area contributed by atoms with E-state index in [9.17, 15) is 4.39 Å². The standard InChI is InChI=1S/C14H13FN4O/c15-11-3-1-2-4-13(11)18-5-7-19(8-6-18)14-12(9-16)17-10-20-14/h1-4,10H,5-8H2. The van der Waals surface area contributed by atoms with Gasteiger partial charge in [0.05, 0.1) is 5.69 Å². The van der Waals surface area contributed by atoms with E-state index in [1.54, 1.807) is 12.1 Å². The molecule has 0 bridgehead atoms. The topological polar surface area (TPSA) is 56.3 Å². The number of nitriles is 1. The van der Waals surface area contributed by atoms with Crippen LogP contribution in [0.4, 0.5) is 16.0 Å². The van der Waals surface area contributed by atoms with Crippen molar-refractivity contribution in [2.24, 2.45) is 0 Å². The molecular weight excluding hydrogens is 259 g/mol. The first kappa shape index (κ1) is 12.5. The van der Waals surface area contributed by atoms with Crippen LogP contribution in [0.3, 0.4) is 0 Å². The molecule has 0 unspecified atom stereocenters. The third-order valence-electron chi connectivity index (χ3n) is 3.41. The van der Waals surface area contributed by atoms with E-state index in [0.29, 0.717) is 43.4 Å². The van der Waals surface area contributed by atoms with Gasteiger partial charge in [0, 0.05) is 26.2 Å². The van der Waals surface area contributed by atoms with Gasteiger partial charge in [-0.25, -0.2) is 9.37 Å². The predicted molar refractivity (Wildman–Crippen MR) is 72.0 cm³/mol. The highest BCUT2D eigenvalue weighted by atomic mass is 19.1. The molecule has 1 saturated heterocycles. The van der Waals surface area contributed by atoms with Crippen LogP contribution in [0.15, 0.2) is 35.1 Å². The van der Waals surface area contributed by atoms with Crippen molar-refractivity contribution in [3.8, 4) is 6.07 Å². The second-order valence-corrected chi connectivity index (χ2v) is 4.54. The summed E-state index contributed by atoms with van der Waals surface area (Å²) < 4.78 is 19.0. The fourth-order valence-corrected chi connectivity index (χ4v) is 2.40. The summed E-state index contributed by atoms with van der Waals surface area (Å²) in [5.41, 5.74) is 0.912. The molecule has 1 aliphatic heterocycles. The average molecular weight is 272 g/mol. The average Bonchev–Trinajstić information content (AvgIpc) is 2.96. The normalized spacial score (nSPS) is 15.2. The molecule has 102 valence electrons. The van der Waals surface area contributed by atoms with E-state index in [0.717, 1.165) is 0 Å². The van der Waals surface area contributed by atoms with Crippen LogP contribution in [0, 0.1) is 17.1 Å². The predicted octanol–water partition coefficient (Wildman–Crippen LogP) is 2.01. The second-order valence-electron chi connectivity index (χ2n) is 4.54. The van der Waals surface area contributed by atoms with E-state index in [-0.39, 0.29) is 5.82 Å². The Morgan fingerprint density at radius 2 is 1.85 bits per heavy atom. The van der Waals surface area contributed by atoms with Crippen molar-refractivity contribution in [2.45, 2.75) is 0 Å². The van der Waals surface area contributed by atoms with Crippen LogP contribution in [0.25, 0.3) is 0 Å². The van der Waals surface area contributed by atoms with Gasteiger partial charge in [-0.3, -0.25) is 0 Å². The van der Waals surface area contributed by atoms with Crippen LogP contribution < -0.4 is 9.80 Å². The van der Waals surface area contributed by atoms with Gasteiger partial charge in [-0.1, -0.05) is 12.1 Å². The van der Waals surface area contributed by atoms with Crippen molar-refractivity contribution in [2.75, 3.05) is 36.0 Å². The molecule has 5 nitrogen and oxygen atoms in total. The van der Waals surface area contributed by atoms with Gasteiger partial charge in [0.15, 0.2) is 6.39 Å². The van der Waals surface area contributed by atoms with Crippen LogP contribution in [0.5, 0.6) is 0 Å². The van der Waals surface area contributed by atoms with Crippen molar-refractivity contribution in [3.05, 3.63) is 42.2 Å². The van der Waals surface area contributed by atoms with Gasteiger partial charge in [0.1, 0.15) is 11.9 Å². The first-order valence-corrected chi connectivity index (χ1v) is 6.37. The Hall–Kier alpha value is -2.55. The quantitative estimate of drug-likeness (QED) is 0.837. The second kappa shape index (κ2) is 5.21. The molecule has 2 heterocycles. The summed E-state index contributed by atoms with van der Waals surface area (Å²) in [5.74, 6) is 0.291. The van der Waals surface area contributed by atoms with Crippen molar-refractivity contribution < 1.29 is 8.81 Å². The van der Waals surface area contributed by atoms with E-state index < -0.39 is 0 Å². The number of aromatic nitrogens is 1. The van der Waals surface area contributed by atoms with Crippen molar-refractivity contribution >= 4 is 11.6 Å². The van der Waals surface area contributed by atoms with E-state index in [1.807, 2.05) is 21.9 Å². The number of piperazine rings is 1. The molecule has 2 aromatic rings. The lowest BCUT2D eigenvalue weighted by atomic mass is 10.2. The zero-order valence-electron chi connectivity index (χ0n) is 10.8. The molecular formula is C14H13FN4O. The minimum absolute atomic E-state index is 0.210. The number of hydrogen-bond acceptors (Lipinski definition) is 5. The van der Waals surface area contributed by atoms with E-state index in [2.05, 4.69) is 4.98 Å². The molecule has 1 fully saturated rings. The van der Waals surface area contributed by atoms with Gasteiger partial charge in [-0.05, 0) is 12.1 Å². The molecule has 3 rings (SSSR count). The number of hydrogen-bond donors (Lipinski definition) is 0. The molecule has 0 saturated carbocycles. The lowest BCUT2D eigenvalue weighted by Crippen LogP contribution is -2.47. The van der Waals surface area contributed by atoms with Gasteiger partial charge in [-0.2, -0.15) is 5.26 Å². The van der Waals surface area contributed by atoms with E-state index in [4.69, 9.17) is 9.68 Å². The Balaban J connectivity index is 1.72. The SMILES string of the molecule is N#Cc1ncoc1N1CCN(c2ccccc2F)CC1. The van der Waals surface area contributed by atoms with Gasteiger partial charge in [0.25, 0.3) is 0 Å². The van der Waals surface area contributed by atoms with E-state index >= 15 is 0 Å². The smallest absolute Gasteiger partial charge is 0.234 e. The third-order valence-corrected chi connectivity index (χ3v) is 3.41. The molecule has 0 amide bonds. The number of oxazole rings is 1. The number of nitrogens with zero attached hydrogens (tertiary/aromatic N) is 4. The Labute approximate surface area is 115 Å². The number of anilines is 2. The number of halogens is 1. The fraction of sp³-hybridized carbons (Fsp3) is 0.286. The lowest BCUT2D eigenvalue weighted by molar-refractivity contribution is 0.517. The Kier molecular flexibility index (Phi) is 3.25. The summed E-state index contributed by atoms with van der Waals surface area (Å²) in [4.78, 5) is 7.81. The Morgan fingerprint density at radius 1 is 1.15 bits per heavy atom. The maximum absolute atomic E-state index is 13.7. The van der Waals surface area contributed by atoms with Crippen molar-refractivity contribution in [1.82, 2.24) is 4.98 Å². The maximum Gasteiger partial charge on any atom is 0.234 e. The minimum Gasteiger partial charge on any atom is -0.426 e. The number of benzene rings is 1. The molecule has 0 spiro atoms. The van der Waals surface area contributed by atoms with Crippen LogP contribution in [0.1, 0.15) is 5.69 Å². The summed E-state index contributed by atoms with van der Waals surface area (Å²) in [6, 6.07) is 8.76. The largest absolute Gasteiger partial charge is 0.426 e.